The summed E-state index contributed by atoms with van der Waals surface area (Å²) >= 11 is 0. The predicted octanol–water partition coefficient (Wildman–Crippen LogP) is 2.69. The van der Waals surface area contributed by atoms with Gasteiger partial charge >= 0.3 is 0 Å². The molecule has 1 aliphatic rings. The van der Waals surface area contributed by atoms with Gasteiger partial charge in [-0.1, -0.05) is 25.1 Å². The Bertz CT molecular complexity index is 487. The minimum absolute atomic E-state index is 0.0323. The Kier molecular flexibility index (Phi) is 5.37. The molecule has 2 amide bonds. The van der Waals surface area contributed by atoms with Gasteiger partial charge in [0, 0.05) is 25.3 Å². The highest BCUT2D eigenvalue weighted by molar-refractivity contribution is 6.04. The van der Waals surface area contributed by atoms with Gasteiger partial charge < -0.3 is 9.80 Å². The molecule has 114 valence electrons. The quantitative estimate of drug-likeness (QED) is 0.799. The van der Waals surface area contributed by atoms with Crippen LogP contribution in [0.1, 0.15) is 33.1 Å². The number of hydrogen-bond donors (Lipinski definition) is 0. The predicted molar refractivity (Wildman–Crippen MR) is 84.1 cm³/mol. The molecule has 1 aliphatic heterocycles. The second kappa shape index (κ2) is 7.25. The number of piperidine rings is 1. The smallest absolute Gasteiger partial charge is 0.236 e. The van der Waals surface area contributed by atoms with Crippen molar-refractivity contribution in [1.82, 2.24) is 4.90 Å². The van der Waals surface area contributed by atoms with Crippen LogP contribution in [0, 0.1) is 5.92 Å². The number of likely N-dealkylation sites (tertiary alicyclic amines) is 1. The first-order chi connectivity index (χ1) is 10.1. The summed E-state index contributed by atoms with van der Waals surface area (Å²) in [4.78, 5) is 28.2. The normalized spacial score (nSPS) is 18.4. The number of benzene rings is 1. The van der Waals surface area contributed by atoms with E-state index < -0.39 is 0 Å². The maximum absolute atomic E-state index is 12.4. The van der Waals surface area contributed by atoms with Gasteiger partial charge in [0.25, 0.3) is 0 Å². The number of nitrogens with zero attached hydrogens (tertiary/aromatic N) is 2. The number of carbonyl (C=O) groups excluding carboxylic acids is 2. The molecule has 0 aliphatic carbocycles. The highest BCUT2D eigenvalue weighted by Gasteiger charge is 2.24. The van der Waals surface area contributed by atoms with Crippen LogP contribution in [0.3, 0.4) is 0 Å². The number of para-hydroxylation sites is 1. The molecule has 0 aromatic heterocycles. The highest BCUT2D eigenvalue weighted by Crippen LogP contribution is 2.18. The SMILES string of the molecule is CCN(C(=O)CC(=O)N1CCCC(C)C1)c1ccccc1. The molecule has 2 rings (SSSR count). The van der Waals surface area contributed by atoms with Crippen molar-refractivity contribution in [1.29, 1.82) is 0 Å². The molecule has 4 heteroatoms. The molecular formula is C17H24N2O2. The van der Waals surface area contributed by atoms with Gasteiger partial charge in [-0.05, 0) is 37.8 Å². The van der Waals surface area contributed by atoms with Crippen molar-refractivity contribution in [3.63, 3.8) is 0 Å². The summed E-state index contributed by atoms with van der Waals surface area (Å²) in [6, 6.07) is 9.52. The van der Waals surface area contributed by atoms with Gasteiger partial charge in [0.1, 0.15) is 6.42 Å². The Morgan fingerprint density at radius 3 is 2.62 bits per heavy atom. The topological polar surface area (TPSA) is 40.6 Å². The lowest BCUT2D eigenvalue weighted by atomic mass is 10.00. The Morgan fingerprint density at radius 1 is 1.29 bits per heavy atom. The van der Waals surface area contributed by atoms with Crippen LogP contribution in [0.4, 0.5) is 5.69 Å². The summed E-state index contributed by atoms with van der Waals surface area (Å²) in [6.45, 7) is 6.23. The van der Waals surface area contributed by atoms with Crippen molar-refractivity contribution in [2.75, 3.05) is 24.5 Å². The average Bonchev–Trinajstić information content (AvgIpc) is 2.49. The van der Waals surface area contributed by atoms with Crippen molar-refractivity contribution >= 4 is 17.5 Å². The van der Waals surface area contributed by atoms with Crippen molar-refractivity contribution in [3.8, 4) is 0 Å². The minimum Gasteiger partial charge on any atom is -0.342 e. The Labute approximate surface area is 126 Å². The number of rotatable bonds is 4. The van der Waals surface area contributed by atoms with Crippen molar-refractivity contribution < 1.29 is 9.59 Å². The zero-order chi connectivity index (χ0) is 15.2. The standard InChI is InChI=1S/C17H24N2O2/c1-3-19(15-9-5-4-6-10-15)17(21)12-16(20)18-11-7-8-14(2)13-18/h4-6,9-10,14H,3,7-8,11-13H2,1-2H3. The monoisotopic (exact) mass is 288 g/mol. The van der Waals surface area contributed by atoms with E-state index in [4.69, 9.17) is 0 Å². The van der Waals surface area contributed by atoms with Gasteiger partial charge in [0.2, 0.25) is 11.8 Å². The molecule has 0 N–H and O–H groups in total. The molecule has 1 heterocycles. The van der Waals surface area contributed by atoms with E-state index in [1.54, 1.807) is 4.90 Å². The molecule has 1 fully saturated rings. The van der Waals surface area contributed by atoms with Crippen LogP contribution in [0.15, 0.2) is 30.3 Å². The van der Waals surface area contributed by atoms with Gasteiger partial charge in [-0.3, -0.25) is 9.59 Å². The van der Waals surface area contributed by atoms with Crippen molar-refractivity contribution in [2.45, 2.75) is 33.1 Å². The van der Waals surface area contributed by atoms with Crippen LogP contribution >= 0.6 is 0 Å². The molecule has 4 nitrogen and oxygen atoms in total. The lowest BCUT2D eigenvalue weighted by molar-refractivity contribution is -0.136. The van der Waals surface area contributed by atoms with E-state index >= 15 is 0 Å². The molecule has 1 aromatic rings. The third-order valence-electron chi connectivity index (χ3n) is 4.00. The number of hydrogen-bond acceptors (Lipinski definition) is 2. The molecular weight excluding hydrogens is 264 g/mol. The maximum Gasteiger partial charge on any atom is 0.236 e. The first kappa shape index (κ1) is 15.5. The van der Waals surface area contributed by atoms with Gasteiger partial charge in [-0.25, -0.2) is 0 Å². The van der Waals surface area contributed by atoms with Crippen molar-refractivity contribution in [2.24, 2.45) is 5.92 Å². The second-order valence-electron chi connectivity index (χ2n) is 5.74. The summed E-state index contributed by atoms with van der Waals surface area (Å²) in [7, 11) is 0. The van der Waals surface area contributed by atoms with Gasteiger partial charge in [0.05, 0.1) is 0 Å². The zero-order valence-corrected chi connectivity index (χ0v) is 12.9. The van der Waals surface area contributed by atoms with E-state index in [9.17, 15) is 9.59 Å². The average molecular weight is 288 g/mol. The molecule has 0 saturated carbocycles. The van der Waals surface area contributed by atoms with E-state index in [1.807, 2.05) is 42.2 Å². The van der Waals surface area contributed by atoms with Crippen LogP contribution in [-0.4, -0.2) is 36.3 Å². The third kappa shape index (κ3) is 4.06. The van der Waals surface area contributed by atoms with Crippen LogP contribution in [-0.2, 0) is 9.59 Å². The Morgan fingerprint density at radius 2 is 2.00 bits per heavy atom. The first-order valence-corrected chi connectivity index (χ1v) is 7.75. The molecule has 1 saturated heterocycles. The summed E-state index contributed by atoms with van der Waals surface area (Å²) < 4.78 is 0. The van der Waals surface area contributed by atoms with Crippen LogP contribution in [0.5, 0.6) is 0 Å². The second-order valence-corrected chi connectivity index (χ2v) is 5.74. The van der Waals surface area contributed by atoms with Gasteiger partial charge in [-0.2, -0.15) is 0 Å². The lowest BCUT2D eigenvalue weighted by Gasteiger charge is -2.31. The van der Waals surface area contributed by atoms with E-state index in [-0.39, 0.29) is 18.2 Å². The summed E-state index contributed by atoms with van der Waals surface area (Å²) in [5.74, 6) is 0.377. The fourth-order valence-electron chi connectivity index (χ4n) is 2.86. The molecule has 0 spiro atoms. The Hall–Kier alpha value is -1.84. The third-order valence-corrected chi connectivity index (χ3v) is 4.00. The minimum atomic E-state index is -0.119. The molecule has 1 atom stereocenters. The van der Waals surface area contributed by atoms with Crippen LogP contribution < -0.4 is 4.90 Å². The number of anilines is 1. The lowest BCUT2D eigenvalue weighted by Crippen LogP contribution is -2.42. The Balaban J connectivity index is 1.97. The van der Waals surface area contributed by atoms with E-state index in [1.165, 1.54) is 6.42 Å². The summed E-state index contributed by atoms with van der Waals surface area (Å²) in [6.07, 6.45) is 2.18. The number of amides is 2. The highest BCUT2D eigenvalue weighted by atomic mass is 16.2. The summed E-state index contributed by atoms with van der Waals surface area (Å²) in [5.41, 5.74) is 0.852. The number of carbonyl (C=O) groups is 2. The van der Waals surface area contributed by atoms with Gasteiger partial charge in [0.15, 0.2) is 0 Å². The van der Waals surface area contributed by atoms with Crippen LogP contribution in [0.25, 0.3) is 0 Å². The molecule has 1 unspecified atom stereocenters. The van der Waals surface area contributed by atoms with Crippen LogP contribution in [0.2, 0.25) is 0 Å². The van der Waals surface area contributed by atoms with E-state index in [0.717, 1.165) is 25.2 Å². The molecule has 0 radical (unpaired) electrons. The van der Waals surface area contributed by atoms with E-state index in [2.05, 4.69) is 6.92 Å². The fraction of sp³-hybridized carbons (Fsp3) is 0.529. The van der Waals surface area contributed by atoms with Gasteiger partial charge in [-0.15, -0.1) is 0 Å². The van der Waals surface area contributed by atoms with Crippen molar-refractivity contribution in [3.05, 3.63) is 30.3 Å². The zero-order valence-electron chi connectivity index (χ0n) is 12.9. The largest absolute Gasteiger partial charge is 0.342 e. The molecule has 1 aromatic carbocycles. The maximum atomic E-state index is 12.4. The van der Waals surface area contributed by atoms with E-state index in [0.29, 0.717) is 12.5 Å². The summed E-state index contributed by atoms with van der Waals surface area (Å²) in [5, 5.41) is 0. The molecule has 0 bridgehead atoms. The first-order valence-electron chi connectivity index (χ1n) is 7.75. The fourth-order valence-corrected chi connectivity index (χ4v) is 2.86. The molecule has 21 heavy (non-hydrogen) atoms.